The number of carbonyl (C=O) groups is 1. The van der Waals surface area contributed by atoms with Gasteiger partial charge in [0, 0.05) is 13.7 Å². The molecule has 1 unspecified atom stereocenters. The van der Waals surface area contributed by atoms with E-state index < -0.39 is 11.7 Å². The van der Waals surface area contributed by atoms with E-state index in [-0.39, 0.29) is 6.10 Å². The van der Waals surface area contributed by atoms with Gasteiger partial charge in [0.25, 0.3) is 0 Å². The Morgan fingerprint density at radius 3 is 2.44 bits per heavy atom. The molecule has 0 rings (SSSR count). The van der Waals surface area contributed by atoms with E-state index in [1.165, 1.54) is 0 Å². The number of hydrogen-bond acceptors (Lipinski definition) is 4. The van der Waals surface area contributed by atoms with Gasteiger partial charge in [-0.2, -0.15) is 0 Å². The highest BCUT2D eigenvalue weighted by Gasteiger charge is 2.16. The van der Waals surface area contributed by atoms with Crippen molar-refractivity contribution in [3.8, 4) is 0 Å². The van der Waals surface area contributed by atoms with Crippen molar-refractivity contribution in [3.63, 3.8) is 0 Å². The van der Waals surface area contributed by atoms with Crippen LogP contribution in [0.3, 0.4) is 0 Å². The van der Waals surface area contributed by atoms with Crippen LogP contribution in [-0.4, -0.2) is 44.7 Å². The minimum absolute atomic E-state index is 0.0531. The molecule has 1 atom stereocenters. The Kier molecular flexibility index (Phi) is 7.08. The fourth-order valence-electron chi connectivity index (χ4n) is 0.933. The van der Waals surface area contributed by atoms with Crippen LogP contribution >= 0.6 is 0 Å². The van der Waals surface area contributed by atoms with E-state index in [9.17, 15) is 4.79 Å². The van der Waals surface area contributed by atoms with Crippen molar-refractivity contribution in [3.05, 3.63) is 0 Å². The molecule has 1 amide bonds. The second-order valence-corrected chi connectivity index (χ2v) is 4.56. The molecule has 0 aliphatic carbocycles. The molecular weight excluding hydrogens is 210 g/mol. The maximum Gasteiger partial charge on any atom is 0.407 e. The predicted octanol–water partition coefficient (Wildman–Crippen LogP) is 1.56. The number of nitrogens with one attached hydrogen (secondary N) is 1. The summed E-state index contributed by atoms with van der Waals surface area (Å²) in [7, 11) is 1.62. The number of hydrogen-bond donors (Lipinski definition) is 1. The van der Waals surface area contributed by atoms with Crippen LogP contribution < -0.4 is 5.32 Å². The molecule has 0 radical (unpaired) electrons. The van der Waals surface area contributed by atoms with Crippen LogP contribution in [-0.2, 0) is 14.2 Å². The first-order chi connectivity index (χ1) is 7.35. The van der Waals surface area contributed by atoms with Crippen LogP contribution in [0.25, 0.3) is 0 Å². The Hall–Kier alpha value is -0.810. The lowest BCUT2D eigenvalue weighted by Gasteiger charge is -2.20. The summed E-state index contributed by atoms with van der Waals surface area (Å²) in [6.07, 6.45) is -0.475. The van der Waals surface area contributed by atoms with Crippen molar-refractivity contribution >= 4 is 6.09 Å². The number of methoxy groups -OCH3 is 1. The Balaban J connectivity index is 3.59. The number of alkyl carbamates (subject to hydrolysis) is 1. The zero-order valence-electron chi connectivity index (χ0n) is 10.8. The topological polar surface area (TPSA) is 56.8 Å². The highest BCUT2D eigenvalue weighted by molar-refractivity contribution is 5.67. The van der Waals surface area contributed by atoms with Crippen LogP contribution in [0.15, 0.2) is 0 Å². The third-order valence-electron chi connectivity index (χ3n) is 1.62. The largest absolute Gasteiger partial charge is 0.444 e. The summed E-state index contributed by atoms with van der Waals surface area (Å²) in [6, 6.07) is 0. The van der Waals surface area contributed by atoms with Crippen LogP contribution in [0.4, 0.5) is 4.79 Å². The lowest BCUT2D eigenvalue weighted by Crippen LogP contribution is -2.37. The van der Waals surface area contributed by atoms with E-state index in [4.69, 9.17) is 14.2 Å². The summed E-state index contributed by atoms with van der Waals surface area (Å²) < 4.78 is 15.3. The maximum atomic E-state index is 11.3. The molecule has 1 N–H and O–H groups in total. The lowest BCUT2D eigenvalue weighted by molar-refractivity contribution is 0.0204. The molecule has 0 spiro atoms. The molecule has 5 nitrogen and oxygen atoms in total. The molecule has 0 aromatic rings. The van der Waals surface area contributed by atoms with E-state index in [0.29, 0.717) is 19.8 Å². The SMILES string of the molecule is COCCOC(C)CNC(=O)OC(C)(C)C. The second-order valence-electron chi connectivity index (χ2n) is 4.56. The molecule has 0 aromatic carbocycles. The summed E-state index contributed by atoms with van der Waals surface area (Å²) >= 11 is 0. The number of ether oxygens (including phenoxy) is 3. The monoisotopic (exact) mass is 233 g/mol. The molecule has 0 heterocycles. The molecule has 0 fully saturated rings. The van der Waals surface area contributed by atoms with Crippen LogP contribution in [0.2, 0.25) is 0 Å². The number of amides is 1. The van der Waals surface area contributed by atoms with Crippen LogP contribution in [0.1, 0.15) is 27.7 Å². The smallest absolute Gasteiger partial charge is 0.407 e. The minimum Gasteiger partial charge on any atom is -0.444 e. The van der Waals surface area contributed by atoms with Crippen LogP contribution in [0, 0.1) is 0 Å². The second kappa shape index (κ2) is 7.46. The highest BCUT2D eigenvalue weighted by atomic mass is 16.6. The standard InChI is InChI=1S/C11H23NO4/c1-9(15-7-6-14-5)8-12-10(13)16-11(2,3)4/h9H,6-8H2,1-5H3,(H,12,13). The fraction of sp³-hybridized carbons (Fsp3) is 0.909. The van der Waals surface area contributed by atoms with E-state index in [1.54, 1.807) is 7.11 Å². The Labute approximate surface area is 97.4 Å². The van der Waals surface area contributed by atoms with E-state index in [2.05, 4.69) is 5.32 Å². The van der Waals surface area contributed by atoms with Gasteiger partial charge in [0.2, 0.25) is 0 Å². The Bertz CT molecular complexity index is 201. The molecule has 0 aliphatic rings. The number of carbonyl (C=O) groups excluding carboxylic acids is 1. The molecule has 0 aromatic heterocycles. The van der Waals surface area contributed by atoms with E-state index >= 15 is 0 Å². The van der Waals surface area contributed by atoms with Crippen molar-refractivity contribution in [2.75, 3.05) is 26.9 Å². The molecule has 0 saturated heterocycles. The van der Waals surface area contributed by atoms with Crippen molar-refractivity contribution in [2.45, 2.75) is 39.4 Å². The molecule has 16 heavy (non-hydrogen) atoms. The van der Waals surface area contributed by atoms with Gasteiger partial charge in [-0.1, -0.05) is 0 Å². The number of rotatable bonds is 6. The van der Waals surface area contributed by atoms with Crippen molar-refractivity contribution in [1.82, 2.24) is 5.32 Å². The molecule has 0 bridgehead atoms. The van der Waals surface area contributed by atoms with Gasteiger partial charge >= 0.3 is 6.09 Å². The maximum absolute atomic E-state index is 11.3. The molecule has 5 heteroatoms. The third kappa shape index (κ3) is 9.73. The Morgan fingerprint density at radius 1 is 1.31 bits per heavy atom. The van der Waals surface area contributed by atoms with Crippen LogP contribution in [0.5, 0.6) is 0 Å². The summed E-state index contributed by atoms with van der Waals surface area (Å²) in [5.41, 5.74) is -0.468. The zero-order valence-corrected chi connectivity index (χ0v) is 10.8. The summed E-state index contributed by atoms with van der Waals surface area (Å²) in [5, 5.41) is 2.64. The molecule has 0 aliphatic heterocycles. The lowest BCUT2D eigenvalue weighted by atomic mass is 10.2. The summed E-state index contributed by atoms with van der Waals surface area (Å²) in [5.74, 6) is 0. The minimum atomic E-state index is -0.468. The normalized spacial score (nSPS) is 13.3. The first-order valence-electron chi connectivity index (χ1n) is 5.42. The van der Waals surface area contributed by atoms with Gasteiger partial charge < -0.3 is 19.5 Å². The molecular formula is C11H23NO4. The molecule has 96 valence electrons. The summed E-state index contributed by atoms with van der Waals surface area (Å²) in [4.78, 5) is 11.3. The van der Waals surface area contributed by atoms with Gasteiger partial charge in [-0.3, -0.25) is 0 Å². The van der Waals surface area contributed by atoms with Crippen molar-refractivity contribution in [1.29, 1.82) is 0 Å². The first kappa shape index (κ1) is 15.2. The van der Waals surface area contributed by atoms with E-state index in [0.717, 1.165) is 0 Å². The average molecular weight is 233 g/mol. The van der Waals surface area contributed by atoms with E-state index in [1.807, 2.05) is 27.7 Å². The summed E-state index contributed by atoms with van der Waals surface area (Å²) in [6.45, 7) is 8.86. The third-order valence-corrected chi connectivity index (χ3v) is 1.62. The fourth-order valence-corrected chi connectivity index (χ4v) is 0.933. The Morgan fingerprint density at radius 2 is 1.94 bits per heavy atom. The van der Waals surface area contributed by atoms with Gasteiger partial charge in [0.1, 0.15) is 5.60 Å². The van der Waals surface area contributed by atoms with Crippen molar-refractivity contribution < 1.29 is 19.0 Å². The quantitative estimate of drug-likeness (QED) is 0.707. The van der Waals surface area contributed by atoms with Gasteiger partial charge in [0.05, 0.1) is 19.3 Å². The first-order valence-corrected chi connectivity index (χ1v) is 5.42. The average Bonchev–Trinajstić information content (AvgIpc) is 2.12. The zero-order chi connectivity index (χ0) is 12.6. The van der Waals surface area contributed by atoms with Gasteiger partial charge in [-0.25, -0.2) is 4.79 Å². The molecule has 0 saturated carbocycles. The van der Waals surface area contributed by atoms with Gasteiger partial charge in [-0.15, -0.1) is 0 Å². The van der Waals surface area contributed by atoms with Gasteiger partial charge in [-0.05, 0) is 27.7 Å². The highest BCUT2D eigenvalue weighted by Crippen LogP contribution is 2.06. The predicted molar refractivity (Wildman–Crippen MR) is 61.5 cm³/mol. The van der Waals surface area contributed by atoms with Gasteiger partial charge in [0.15, 0.2) is 0 Å². The van der Waals surface area contributed by atoms with Crippen molar-refractivity contribution in [2.24, 2.45) is 0 Å².